The first-order valence-electron chi connectivity index (χ1n) is 3.01. The molecular weight excluding hydrogens is 104 g/mol. The molecule has 7 heavy (non-hydrogen) atoms. The van der Waals surface area contributed by atoms with Gasteiger partial charge in [0.1, 0.15) is 0 Å². The molecule has 0 bridgehead atoms. The highest BCUT2D eigenvalue weighted by atomic mass is 32.2. The zero-order valence-electron chi connectivity index (χ0n) is 4.81. The molecule has 0 atom stereocenters. The molecule has 1 rings (SSSR count). The van der Waals surface area contributed by atoms with E-state index >= 15 is 0 Å². The molecule has 1 fully saturated rings. The second kappa shape index (κ2) is 2.61. The van der Waals surface area contributed by atoms with Gasteiger partial charge in [0, 0.05) is 0 Å². The molecule has 0 nitrogen and oxygen atoms in total. The predicted octanol–water partition coefficient (Wildman–Crippen LogP) is 2.15. The highest BCUT2D eigenvalue weighted by molar-refractivity contribution is 7.99. The lowest BCUT2D eigenvalue weighted by atomic mass is 10.5. The second-order valence-electron chi connectivity index (χ2n) is 2.10. The van der Waals surface area contributed by atoms with Gasteiger partial charge in [-0.25, -0.2) is 0 Å². The maximum Gasteiger partial charge on any atom is -0.00392 e. The highest BCUT2D eigenvalue weighted by Crippen LogP contribution is 2.31. The minimum absolute atomic E-state index is 1.12. The fourth-order valence-electron chi connectivity index (χ4n) is 0.569. The molecule has 0 aromatic heterocycles. The van der Waals surface area contributed by atoms with Crippen molar-refractivity contribution < 1.29 is 0 Å². The van der Waals surface area contributed by atoms with Crippen LogP contribution in [0.4, 0.5) is 0 Å². The van der Waals surface area contributed by atoms with Crippen LogP contribution in [0.1, 0.15) is 19.8 Å². The van der Waals surface area contributed by atoms with Gasteiger partial charge in [-0.3, -0.25) is 0 Å². The topological polar surface area (TPSA) is 0 Å². The maximum absolute atomic E-state index is 2.23. The van der Waals surface area contributed by atoms with Crippen molar-refractivity contribution in [2.45, 2.75) is 19.8 Å². The molecule has 1 saturated carbocycles. The standard InChI is InChI=1S/C6H12S/c1-2-7-5-6-3-4-6/h6H,2-5H2,1H3. The Morgan fingerprint density at radius 2 is 2.29 bits per heavy atom. The van der Waals surface area contributed by atoms with Crippen molar-refractivity contribution in [3.8, 4) is 0 Å². The summed E-state index contributed by atoms with van der Waals surface area (Å²) >= 11 is 2.08. The molecule has 0 saturated heterocycles. The van der Waals surface area contributed by atoms with E-state index in [4.69, 9.17) is 0 Å². The lowest BCUT2D eigenvalue weighted by Gasteiger charge is -1.89. The lowest BCUT2D eigenvalue weighted by Crippen LogP contribution is -1.78. The van der Waals surface area contributed by atoms with Crippen LogP contribution >= 0.6 is 11.8 Å². The van der Waals surface area contributed by atoms with Crippen molar-refractivity contribution in [2.75, 3.05) is 11.5 Å². The average Bonchev–Trinajstić information content (AvgIpc) is 2.42. The zero-order chi connectivity index (χ0) is 5.11. The molecule has 0 amide bonds. The summed E-state index contributed by atoms with van der Waals surface area (Å²) in [5, 5.41) is 0. The van der Waals surface area contributed by atoms with Crippen LogP contribution in [0.25, 0.3) is 0 Å². The van der Waals surface area contributed by atoms with E-state index in [1.807, 2.05) is 0 Å². The normalized spacial score (nSPS) is 20.1. The van der Waals surface area contributed by atoms with Gasteiger partial charge in [0.2, 0.25) is 0 Å². The Balaban J connectivity index is 1.80. The smallest absolute Gasteiger partial charge is 0.00392 e. The van der Waals surface area contributed by atoms with E-state index in [1.165, 1.54) is 24.3 Å². The van der Waals surface area contributed by atoms with Gasteiger partial charge in [-0.2, -0.15) is 11.8 Å². The van der Waals surface area contributed by atoms with E-state index in [0.29, 0.717) is 0 Å². The summed E-state index contributed by atoms with van der Waals surface area (Å²) in [6.07, 6.45) is 3.01. The van der Waals surface area contributed by atoms with Crippen molar-refractivity contribution >= 4 is 11.8 Å². The second-order valence-corrected chi connectivity index (χ2v) is 3.42. The third-order valence-corrected chi connectivity index (χ3v) is 2.37. The summed E-state index contributed by atoms with van der Waals surface area (Å²) in [5.41, 5.74) is 0. The number of rotatable bonds is 3. The lowest BCUT2D eigenvalue weighted by molar-refractivity contribution is 1.00. The molecular formula is C6H12S. The Bertz CT molecular complexity index is 48.1. The molecule has 1 aliphatic carbocycles. The predicted molar refractivity (Wildman–Crippen MR) is 35.7 cm³/mol. The zero-order valence-corrected chi connectivity index (χ0v) is 5.63. The Morgan fingerprint density at radius 1 is 1.57 bits per heavy atom. The summed E-state index contributed by atoms with van der Waals surface area (Å²) in [4.78, 5) is 0. The van der Waals surface area contributed by atoms with Crippen LogP contribution in [0.2, 0.25) is 0 Å². The van der Waals surface area contributed by atoms with Gasteiger partial charge in [-0.1, -0.05) is 6.92 Å². The van der Waals surface area contributed by atoms with E-state index in [0.717, 1.165) is 5.92 Å². The van der Waals surface area contributed by atoms with Crippen molar-refractivity contribution in [1.82, 2.24) is 0 Å². The van der Waals surface area contributed by atoms with Crippen LogP contribution in [0.15, 0.2) is 0 Å². The molecule has 1 heteroatoms. The SMILES string of the molecule is CCSCC1CC1. The summed E-state index contributed by atoms with van der Waals surface area (Å²) in [6, 6.07) is 0. The quantitative estimate of drug-likeness (QED) is 0.544. The minimum Gasteiger partial charge on any atom is -0.162 e. The minimum atomic E-state index is 1.12. The largest absolute Gasteiger partial charge is 0.162 e. The van der Waals surface area contributed by atoms with E-state index in [2.05, 4.69) is 18.7 Å². The highest BCUT2D eigenvalue weighted by Gasteiger charge is 2.19. The van der Waals surface area contributed by atoms with Crippen molar-refractivity contribution in [1.29, 1.82) is 0 Å². The van der Waals surface area contributed by atoms with E-state index in [9.17, 15) is 0 Å². The number of thioether (sulfide) groups is 1. The van der Waals surface area contributed by atoms with E-state index in [1.54, 1.807) is 0 Å². The van der Waals surface area contributed by atoms with Gasteiger partial charge in [-0.15, -0.1) is 0 Å². The molecule has 0 radical (unpaired) electrons. The first-order valence-corrected chi connectivity index (χ1v) is 4.16. The fraction of sp³-hybridized carbons (Fsp3) is 1.00. The molecule has 0 aliphatic heterocycles. The van der Waals surface area contributed by atoms with Crippen LogP contribution in [-0.4, -0.2) is 11.5 Å². The van der Waals surface area contributed by atoms with Crippen LogP contribution in [0, 0.1) is 5.92 Å². The van der Waals surface area contributed by atoms with Gasteiger partial charge in [0.15, 0.2) is 0 Å². The maximum atomic E-state index is 2.23. The van der Waals surface area contributed by atoms with Crippen LogP contribution < -0.4 is 0 Å². The third-order valence-electron chi connectivity index (χ3n) is 1.25. The van der Waals surface area contributed by atoms with Crippen molar-refractivity contribution in [3.63, 3.8) is 0 Å². The first kappa shape index (κ1) is 5.49. The molecule has 1 aliphatic rings. The average molecular weight is 116 g/mol. The molecule has 0 spiro atoms. The van der Waals surface area contributed by atoms with Crippen molar-refractivity contribution in [2.24, 2.45) is 5.92 Å². The van der Waals surface area contributed by atoms with Crippen molar-refractivity contribution in [3.05, 3.63) is 0 Å². The summed E-state index contributed by atoms with van der Waals surface area (Å²) in [5.74, 6) is 3.84. The summed E-state index contributed by atoms with van der Waals surface area (Å²) < 4.78 is 0. The summed E-state index contributed by atoms with van der Waals surface area (Å²) in [6.45, 7) is 2.23. The fourth-order valence-corrected chi connectivity index (χ4v) is 1.47. The molecule has 0 unspecified atom stereocenters. The Kier molecular flexibility index (Phi) is 2.04. The number of hydrogen-bond acceptors (Lipinski definition) is 1. The Labute approximate surface area is 49.7 Å². The molecule has 0 aromatic rings. The monoisotopic (exact) mass is 116 g/mol. The van der Waals surface area contributed by atoms with Gasteiger partial charge in [0.05, 0.1) is 0 Å². The van der Waals surface area contributed by atoms with Gasteiger partial charge in [-0.05, 0) is 30.3 Å². The number of hydrogen-bond donors (Lipinski definition) is 0. The van der Waals surface area contributed by atoms with E-state index < -0.39 is 0 Å². The van der Waals surface area contributed by atoms with Crippen LogP contribution in [-0.2, 0) is 0 Å². The molecule has 0 aromatic carbocycles. The molecule has 0 N–H and O–H groups in total. The Morgan fingerprint density at radius 3 is 2.71 bits per heavy atom. The first-order chi connectivity index (χ1) is 3.43. The van der Waals surface area contributed by atoms with Crippen LogP contribution in [0.3, 0.4) is 0 Å². The van der Waals surface area contributed by atoms with Gasteiger partial charge in [0.25, 0.3) is 0 Å². The molecule has 42 valence electrons. The van der Waals surface area contributed by atoms with Gasteiger partial charge >= 0.3 is 0 Å². The third kappa shape index (κ3) is 2.22. The molecule has 0 heterocycles. The van der Waals surface area contributed by atoms with E-state index in [-0.39, 0.29) is 0 Å². The van der Waals surface area contributed by atoms with Crippen LogP contribution in [0.5, 0.6) is 0 Å². The van der Waals surface area contributed by atoms with Gasteiger partial charge < -0.3 is 0 Å². The Hall–Kier alpha value is 0.350. The summed E-state index contributed by atoms with van der Waals surface area (Å²) in [7, 11) is 0.